The van der Waals surface area contributed by atoms with Gasteiger partial charge in [-0.1, -0.05) is 40.5 Å². The molecule has 1 fully saturated rings. The zero-order chi connectivity index (χ0) is 12.8. The van der Waals surface area contributed by atoms with Crippen LogP contribution in [0.5, 0.6) is 0 Å². The highest BCUT2D eigenvalue weighted by Gasteiger charge is 2.26. The van der Waals surface area contributed by atoms with Crippen LogP contribution in [0.4, 0.5) is 0 Å². The van der Waals surface area contributed by atoms with Crippen molar-refractivity contribution in [3.05, 3.63) is 0 Å². The summed E-state index contributed by atoms with van der Waals surface area (Å²) in [5.74, 6) is 0.923. The van der Waals surface area contributed by atoms with Gasteiger partial charge in [-0.05, 0) is 32.2 Å². The van der Waals surface area contributed by atoms with Crippen molar-refractivity contribution >= 4 is 0 Å². The van der Waals surface area contributed by atoms with E-state index in [0.717, 1.165) is 18.5 Å². The van der Waals surface area contributed by atoms with Crippen molar-refractivity contribution in [2.75, 3.05) is 13.6 Å². The number of nitrogens with one attached hydrogen (secondary N) is 1. The van der Waals surface area contributed by atoms with Crippen molar-refractivity contribution < 1.29 is 0 Å². The highest BCUT2D eigenvalue weighted by atomic mass is 15.2. The average Bonchev–Trinajstić information content (AvgIpc) is 2.29. The van der Waals surface area contributed by atoms with E-state index in [-0.39, 0.29) is 0 Å². The lowest BCUT2D eigenvalue weighted by Crippen LogP contribution is -2.47. The third-order valence-electron chi connectivity index (χ3n) is 4.29. The molecule has 102 valence electrons. The van der Waals surface area contributed by atoms with Gasteiger partial charge in [-0.3, -0.25) is 4.90 Å². The minimum absolute atomic E-state index is 0.600. The van der Waals surface area contributed by atoms with Crippen molar-refractivity contribution in [2.24, 2.45) is 5.92 Å². The van der Waals surface area contributed by atoms with E-state index in [1.807, 2.05) is 0 Å². The second-order valence-electron chi connectivity index (χ2n) is 6.22. The van der Waals surface area contributed by atoms with Crippen LogP contribution in [0.2, 0.25) is 0 Å². The molecule has 2 heteroatoms. The fourth-order valence-corrected chi connectivity index (χ4v) is 3.02. The molecule has 1 N–H and O–H groups in total. The van der Waals surface area contributed by atoms with Gasteiger partial charge in [0.2, 0.25) is 0 Å². The quantitative estimate of drug-likeness (QED) is 0.766. The Hall–Kier alpha value is -0.0800. The molecule has 1 aliphatic carbocycles. The lowest BCUT2D eigenvalue weighted by Gasteiger charge is -2.39. The molecular weight excluding hydrogens is 208 g/mol. The molecule has 1 aliphatic rings. The third-order valence-corrected chi connectivity index (χ3v) is 4.29. The zero-order valence-corrected chi connectivity index (χ0v) is 12.5. The van der Waals surface area contributed by atoms with Gasteiger partial charge in [0.05, 0.1) is 0 Å². The molecule has 0 heterocycles. The molecule has 0 aromatic rings. The molecular formula is C15H32N2. The summed E-state index contributed by atoms with van der Waals surface area (Å²) in [7, 11) is 2.33. The van der Waals surface area contributed by atoms with E-state index in [9.17, 15) is 0 Å². The summed E-state index contributed by atoms with van der Waals surface area (Å²) in [6, 6.07) is 2.12. The first-order valence-electron chi connectivity index (χ1n) is 7.49. The second kappa shape index (κ2) is 7.38. The summed E-state index contributed by atoms with van der Waals surface area (Å²) in [5, 5.41) is 3.59. The fourth-order valence-electron chi connectivity index (χ4n) is 3.02. The fraction of sp³-hybridized carbons (Fsp3) is 1.00. The molecule has 0 spiro atoms. The maximum absolute atomic E-state index is 3.59. The van der Waals surface area contributed by atoms with Crippen molar-refractivity contribution in [3.63, 3.8) is 0 Å². The second-order valence-corrected chi connectivity index (χ2v) is 6.22. The SMILES string of the molecule is CCC(CNC(C)C)N(C)C1CCCC(C)C1. The van der Waals surface area contributed by atoms with Crippen LogP contribution in [0.1, 0.15) is 59.8 Å². The van der Waals surface area contributed by atoms with E-state index >= 15 is 0 Å². The summed E-state index contributed by atoms with van der Waals surface area (Å²) in [6.07, 6.45) is 6.91. The molecule has 3 unspecified atom stereocenters. The van der Waals surface area contributed by atoms with Gasteiger partial charge in [0, 0.05) is 24.7 Å². The maximum Gasteiger partial charge on any atom is 0.0217 e. The monoisotopic (exact) mass is 240 g/mol. The van der Waals surface area contributed by atoms with Gasteiger partial charge in [0.15, 0.2) is 0 Å². The number of hydrogen-bond acceptors (Lipinski definition) is 2. The Balaban J connectivity index is 2.43. The van der Waals surface area contributed by atoms with Crippen LogP contribution in [0, 0.1) is 5.92 Å². The Bertz CT molecular complexity index is 203. The normalized spacial score (nSPS) is 27.7. The van der Waals surface area contributed by atoms with Crippen LogP contribution in [0.25, 0.3) is 0 Å². The van der Waals surface area contributed by atoms with E-state index in [1.165, 1.54) is 32.1 Å². The Morgan fingerprint density at radius 2 is 2.00 bits per heavy atom. The molecule has 0 aliphatic heterocycles. The molecule has 17 heavy (non-hydrogen) atoms. The molecule has 0 bridgehead atoms. The van der Waals surface area contributed by atoms with Crippen molar-refractivity contribution in [1.29, 1.82) is 0 Å². The first kappa shape index (κ1) is 15.0. The summed E-state index contributed by atoms with van der Waals surface area (Å²) >= 11 is 0. The highest BCUT2D eigenvalue weighted by molar-refractivity contribution is 4.82. The molecule has 1 saturated carbocycles. The van der Waals surface area contributed by atoms with Crippen LogP contribution >= 0.6 is 0 Å². The van der Waals surface area contributed by atoms with Crippen molar-refractivity contribution in [1.82, 2.24) is 10.2 Å². The van der Waals surface area contributed by atoms with Gasteiger partial charge in [-0.25, -0.2) is 0 Å². The van der Waals surface area contributed by atoms with Crippen LogP contribution in [0.3, 0.4) is 0 Å². The zero-order valence-electron chi connectivity index (χ0n) is 12.5. The van der Waals surface area contributed by atoms with E-state index in [2.05, 4.69) is 45.0 Å². The Morgan fingerprint density at radius 3 is 2.53 bits per heavy atom. The molecule has 0 radical (unpaired) electrons. The lowest BCUT2D eigenvalue weighted by molar-refractivity contribution is 0.113. The number of rotatable bonds is 6. The van der Waals surface area contributed by atoms with Gasteiger partial charge in [0.1, 0.15) is 0 Å². The standard InChI is InChI=1S/C15H32N2/c1-6-14(11-16-12(2)3)17(5)15-9-7-8-13(4)10-15/h12-16H,6-11H2,1-5H3. The van der Waals surface area contributed by atoms with E-state index < -0.39 is 0 Å². The van der Waals surface area contributed by atoms with Gasteiger partial charge >= 0.3 is 0 Å². The highest BCUT2D eigenvalue weighted by Crippen LogP contribution is 2.27. The van der Waals surface area contributed by atoms with Crippen LogP contribution in [-0.2, 0) is 0 Å². The molecule has 0 aromatic heterocycles. The third kappa shape index (κ3) is 4.97. The Morgan fingerprint density at radius 1 is 1.29 bits per heavy atom. The number of hydrogen-bond donors (Lipinski definition) is 1. The van der Waals surface area contributed by atoms with Gasteiger partial charge in [-0.15, -0.1) is 0 Å². The lowest BCUT2D eigenvalue weighted by atomic mass is 9.85. The van der Waals surface area contributed by atoms with Gasteiger partial charge in [0.25, 0.3) is 0 Å². The van der Waals surface area contributed by atoms with Crippen molar-refractivity contribution in [2.45, 2.75) is 77.9 Å². The topological polar surface area (TPSA) is 15.3 Å². The van der Waals surface area contributed by atoms with Crippen LogP contribution in [0.15, 0.2) is 0 Å². The minimum atomic E-state index is 0.600. The van der Waals surface area contributed by atoms with Crippen molar-refractivity contribution in [3.8, 4) is 0 Å². The largest absolute Gasteiger partial charge is 0.313 e. The smallest absolute Gasteiger partial charge is 0.0217 e. The van der Waals surface area contributed by atoms with Crippen LogP contribution < -0.4 is 5.32 Å². The maximum atomic E-state index is 3.59. The van der Waals surface area contributed by atoms with E-state index in [0.29, 0.717) is 12.1 Å². The molecule has 2 nitrogen and oxygen atoms in total. The summed E-state index contributed by atoms with van der Waals surface area (Å²) < 4.78 is 0. The van der Waals surface area contributed by atoms with Crippen LogP contribution in [-0.4, -0.2) is 36.6 Å². The molecule has 3 atom stereocenters. The molecule has 0 amide bonds. The predicted molar refractivity (Wildman–Crippen MR) is 76.4 cm³/mol. The molecule has 1 rings (SSSR count). The summed E-state index contributed by atoms with van der Waals surface area (Å²) in [4.78, 5) is 2.64. The summed E-state index contributed by atoms with van der Waals surface area (Å²) in [5.41, 5.74) is 0. The van der Waals surface area contributed by atoms with E-state index in [1.54, 1.807) is 0 Å². The first-order chi connectivity index (χ1) is 8.04. The first-order valence-corrected chi connectivity index (χ1v) is 7.49. The average molecular weight is 240 g/mol. The number of nitrogens with zero attached hydrogens (tertiary/aromatic N) is 1. The minimum Gasteiger partial charge on any atom is -0.313 e. The molecule has 0 aromatic carbocycles. The van der Waals surface area contributed by atoms with Gasteiger partial charge < -0.3 is 5.32 Å². The Labute approximate surface area is 108 Å². The van der Waals surface area contributed by atoms with Gasteiger partial charge in [-0.2, -0.15) is 0 Å². The summed E-state index contributed by atoms with van der Waals surface area (Å²) in [6.45, 7) is 10.3. The molecule has 0 saturated heterocycles. The Kier molecular flexibility index (Phi) is 6.50. The number of likely N-dealkylation sites (N-methyl/N-ethyl adjacent to an activating group) is 1. The van der Waals surface area contributed by atoms with E-state index in [4.69, 9.17) is 0 Å². The predicted octanol–water partition coefficient (Wildman–Crippen LogP) is 3.27.